The minimum atomic E-state index is -0.328. The number of amides is 2. The van der Waals surface area contributed by atoms with E-state index in [1.54, 1.807) is 0 Å². The Morgan fingerprint density at radius 3 is 2.29 bits per heavy atom. The highest BCUT2D eigenvalue weighted by Gasteiger charge is 2.69. The van der Waals surface area contributed by atoms with Gasteiger partial charge in [0, 0.05) is 50.6 Å². The molecule has 0 aromatic carbocycles. The van der Waals surface area contributed by atoms with Crippen molar-refractivity contribution in [1.82, 2.24) is 20.0 Å². The quantitative estimate of drug-likeness (QED) is 0.397. The van der Waals surface area contributed by atoms with Crippen LogP contribution in [0.25, 0.3) is 0 Å². The zero-order valence-corrected chi connectivity index (χ0v) is 30.9. The number of nitrogens with one attached hydrogen (secondary N) is 1. The van der Waals surface area contributed by atoms with Crippen LogP contribution in [0, 0.1) is 52.3 Å². The van der Waals surface area contributed by atoms with E-state index in [1.165, 1.54) is 57.8 Å². The van der Waals surface area contributed by atoms with E-state index < -0.39 is 0 Å². The van der Waals surface area contributed by atoms with Crippen LogP contribution in [0.1, 0.15) is 111 Å². The smallest absolute Gasteiger partial charge is 0.232 e. The Kier molecular flexibility index (Phi) is 9.02. The number of carbonyl (C=O) groups is 2. The normalized spacial score (nSPS) is 48.4. The summed E-state index contributed by atoms with van der Waals surface area (Å²) < 4.78 is 13.5. The SMILES string of the molecule is C[C@@H]1CC[C@@]2(OC1)O[C@H]1C[C@H]3[C@@H]4CC[C@@H]5C[C@@H](NC(=O)CC(=O)N6CCN(C7CCN(C)CC7)CC6)CC[C@]5(C)C4CC[C@]3(C)[C@H]1[C@@H]2C. The molecule has 8 fully saturated rings. The molecule has 8 heteroatoms. The molecule has 12 atom stereocenters. The van der Waals surface area contributed by atoms with Gasteiger partial charge in [-0.15, -0.1) is 0 Å². The van der Waals surface area contributed by atoms with E-state index >= 15 is 0 Å². The van der Waals surface area contributed by atoms with Crippen LogP contribution in [-0.4, -0.2) is 103 Å². The first-order valence-electron chi connectivity index (χ1n) is 20.3. The molecule has 4 saturated heterocycles. The zero-order valence-electron chi connectivity index (χ0n) is 30.9. The van der Waals surface area contributed by atoms with Crippen LogP contribution in [0.5, 0.6) is 0 Å². The summed E-state index contributed by atoms with van der Waals surface area (Å²) in [5, 5.41) is 3.35. The Balaban J connectivity index is 0.831. The van der Waals surface area contributed by atoms with Crippen LogP contribution < -0.4 is 5.32 Å². The molecule has 4 saturated carbocycles. The number of fused-ring (bicyclic) bond motifs is 7. The third-order valence-electron chi connectivity index (χ3n) is 16.5. The van der Waals surface area contributed by atoms with Crippen molar-refractivity contribution in [3.05, 3.63) is 0 Å². The Morgan fingerprint density at radius 1 is 0.812 bits per heavy atom. The maximum Gasteiger partial charge on any atom is 0.232 e. The van der Waals surface area contributed by atoms with E-state index in [9.17, 15) is 9.59 Å². The Morgan fingerprint density at radius 2 is 1.56 bits per heavy atom. The molecule has 270 valence electrons. The van der Waals surface area contributed by atoms with Gasteiger partial charge in [0.1, 0.15) is 6.42 Å². The monoisotopic (exact) mass is 667 g/mol. The van der Waals surface area contributed by atoms with Crippen LogP contribution in [0.15, 0.2) is 0 Å². The van der Waals surface area contributed by atoms with E-state index in [1.807, 2.05) is 4.90 Å². The lowest BCUT2D eigenvalue weighted by atomic mass is 9.44. The zero-order chi connectivity index (χ0) is 33.4. The molecule has 1 spiro atoms. The molecule has 8 rings (SSSR count). The van der Waals surface area contributed by atoms with E-state index in [0.29, 0.717) is 46.6 Å². The van der Waals surface area contributed by atoms with E-state index in [-0.39, 0.29) is 30.1 Å². The van der Waals surface area contributed by atoms with Gasteiger partial charge >= 0.3 is 0 Å². The Hall–Kier alpha value is -1.22. The van der Waals surface area contributed by atoms with Gasteiger partial charge in [-0.05, 0) is 137 Å². The van der Waals surface area contributed by atoms with Gasteiger partial charge in [0.15, 0.2) is 5.79 Å². The summed E-state index contributed by atoms with van der Waals surface area (Å²) in [6, 6.07) is 0.861. The first-order valence-corrected chi connectivity index (χ1v) is 20.3. The summed E-state index contributed by atoms with van der Waals surface area (Å²) in [4.78, 5) is 33.3. The van der Waals surface area contributed by atoms with Crippen molar-refractivity contribution in [3.8, 4) is 0 Å². The molecule has 8 aliphatic rings. The van der Waals surface area contributed by atoms with Gasteiger partial charge in [-0.25, -0.2) is 0 Å². The second-order valence-electron chi connectivity index (χ2n) is 18.8. The number of piperidine rings is 1. The molecule has 4 aliphatic heterocycles. The average Bonchev–Trinajstić information content (AvgIpc) is 3.52. The van der Waals surface area contributed by atoms with Crippen molar-refractivity contribution < 1.29 is 19.1 Å². The highest BCUT2D eigenvalue weighted by atomic mass is 16.7. The standard InChI is InChI=1S/C40H66N4O4/c1-26-8-15-40(47-25-26)27(2)37-34(48-40)23-33-31-7-6-28-22-29(9-13-38(28,3)32(31)10-14-39(33,37)4)41-35(45)24-36(46)44-20-18-43(19-21-44)30-11-16-42(5)17-12-30/h26-34,37H,6-25H2,1-5H3,(H,41,45)/t26-,27+,28-,29+,31-,32?,33+,34+,37+,38+,39+,40-/m1/s1. The molecule has 0 bridgehead atoms. The van der Waals surface area contributed by atoms with E-state index in [4.69, 9.17) is 9.47 Å². The van der Waals surface area contributed by atoms with Gasteiger partial charge in [0.05, 0.1) is 12.7 Å². The molecule has 0 aromatic rings. The molecule has 0 radical (unpaired) electrons. The van der Waals surface area contributed by atoms with Gasteiger partial charge in [0.25, 0.3) is 0 Å². The molecule has 4 aliphatic carbocycles. The number of carbonyl (C=O) groups excluding carboxylic acids is 2. The molecule has 4 heterocycles. The topological polar surface area (TPSA) is 74.3 Å². The van der Waals surface area contributed by atoms with Gasteiger partial charge in [-0.1, -0.05) is 27.7 Å². The molecule has 8 nitrogen and oxygen atoms in total. The fraction of sp³-hybridized carbons (Fsp3) is 0.950. The number of piperazine rings is 1. The minimum Gasteiger partial charge on any atom is -0.353 e. The predicted octanol–water partition coefficient (Wildman–Crippen LogP) is 5.55. The first-order chi connectivity index (χ1) is 23.0. The van der Waals surface area contributed by atoms with Crippen LogP contribution >= 0.6 is 0 Å². The lowest BCUT2D eigenvalue weighted by molar-refractivity contribution is -0.273. The highest BCUT2D eigenvalue weighted by molar-refractivity contribution is 5.97. The number of hydrogen-bond acceptors (Lipinski definition) is 6. The maximum absolute atomic E-state index is 13.2. The second-order valence-corrected chi connectivity index (χ2v) is 18.8. The summed E-state index contributed by atoms with van der Waals surface area (Å²) >= 11 is 0. The molecule has 1 N–H and O–H groups in total. The molecular weight excluding hydrogens is 600 g/mol. The van der Waals surface area contributed by atoms with Crippen LogP contribution in [0.3, 0.4) is 0 Å². The lowest BCUT2D eigenvalue weighted by Gasteiger charge is -2.61. The van der Waals surface area contributed by atoms with Crippen LogP contribution in [0.2, 0.25) is 0 Å². The maximum atomic E-state index is 13.2. The lowest BCUT2D eigenvalue weighted by Crippen LogP contribution is -2.56. The van der Waals surface area contributed by atoms with Crippen molar-refractivity contribution in [1.29, 1.82) is 0 Å². The number of rotatable bonds is 4. The predicted molar refractivity (Wildman–Crippen MR) is 187 cm³/mol. The van der Waals surface area contributed by atoms with Gasteiger partial charge in [0.2, 0.25) is 11.8 Å². The van der Waals surface area contributed by atoms with E-state index in [2.05, 4.69) is 49.9 Å². The third-order valence-corrected chi connectivity index (χ3v) is 16.5. The molecule has 2 amide bonds. The Bertz CT molecular complexity index is 1210. The van der Waals surface area contributed by atoms with Gasteiger partial charge in [-0.2, -0.15) is 0 Å². The minimum absolute atomic E-state index is 0.00575. The summed E-state index contributed by atoms with van der Waals surface area (Å²) in [6.45, 7) is 16.6. The molecular formula is C40H66N4O4. The summed E-state index contributed by atoms with van der Waals surface area (Å²) in [5.74, 6) is 4.40. The van der Waals surface area contributed by atoms with Gasteiger partial charge in [-0.3, -0.25) is 14.5 Å². The van der Waals surface area contributed by atoms with Gasteiger partial charge < -0.3 is 24.6 Å². The number of nitrogens with zero attached hydrogens (tertiary/aromatic N) is 3. The average molecular weight is 667 g/mol. The van der Waals surface area contributed by atoms with Crippen molar-refractivity contribution in [2.75, 3.05) is 52.9 Å². The number of likely N-dealkylation sites (tertiary alicyclic amines) is 1. The molecule has 0 aromatic heterocycles. The van der Waals surface area contributed by atoms with Crippen molar-refractivity contribution in [2.45, 2.75) is 135 Å². The highest BCUT2D eigenvalue weighted by Crippen LogP contribution is 2.71. The third kappa shape index (κ3) is 5.69. The van der Waals surface area contributed by atoms with E-state index in [0.717, 1.165) is 82.9 Å². The van der Waals surface area contributed by atoms with Crippen LogP contribution in [-0.2, 0) is 19.1 Å². The van der Waals surface area contributed by atoms with Crippen molar-refractivity contribution in [3.63, 3.8) is 0 Å². The summed E-state index contributed by atoms with van der Waals surface area (Å²) in [7, 11) is 2.20. The van der Waals surface area contributed by atoms with Crippen LogP contribution in [0.4, 0.5) is 0 Å². The number of hydrogen-bond donors (Lipinski definition) is 1. The fourth-order valence-electron chi connectivity index (χ4n) is 13.6. The molecule has 48 heavy (non-hydrogen) atoms. The molecule has 1 unspecified atom stereocenters. The van der Waals surface area contributed by atoms with Crippen molar-refractivity contribution in [2.24, 2.45) is 52.3 Å². The second kappa shape index (κ2) is 12.8. The fourth-order valence-corrected chi connectivity index (χ4v) is 13.6. The van der Waals surface area contributed by atoms with Crippen molar-refractivity contribution >= 4 is 11.8 Å². The number of ether oxygens (including phenoxy) is 2. The first kappa shape index (κ1) is 33.9. The Labute approximate surface area is 290 Å². The summed E-state index contributed by atoms with van der Waals surface area (Å²) in [5.41, 5.74) is 0.727. The largest absolute Gasteiger partial charge is 0.353 e. The summed E-state index contributed by atoms with van der Waals surface area (Å²) in [6.07, 6.45) is 15.0.